The van der Waals surface area contributed by atoms with Gasteiger partial charge in [-0.05, 0) is 36.8 Å². The number of pyridine rings is 1. The van der Waals surface area contributed by atoms with Crippen LogP contribution in [-0.4, -0.2) is 10.8 Å². The van der Waals surface area contributed by atoms with Crippen LogP contribution in [0.4, 0.5) is 5.69 Å². The van der Waals surface area contributed by atoms with E-state index in [-0.39, 0.29) is 5.78 Å². The minimum atomic E-state index is -0.108. The molecule has 0 fully saturated rings. The molecule has 0 unspecified atom stereocenters. The van der Waals surface area contributed by atoms with Crippen LogP contribution >= 0.6 is 11.6 Å². The van der Waals surface area contributed by atoms with Crippen LogP contribution in [-0.2, 0) is 0 Å². The van der Waals surface area contributed by atoms with Gasteiger partial charge in [-0.25, -0.2) is 0 Å². The minimum absolute atomic E-state index is 0.108. The Bertz CT molecular complexity index is 581. The first kappa shape index (κ1) is 11.6. The Morgan fingerprint density at radius 2 is 2.00 bits per heavy atom. The highest BCUT2D eigenvalue weighted by Crippen LogP contribution is 2.21. The first-order valence-corrected chi connectivity index (χ1v) is 5.47. The van der Waals surface area contributed by atoms with Gasteiger partial charge in [0.1, 0.15) is 0 Å². The van der Waals surface area contributed by atoms with Gasteiger partial charge < -0.3 is 5.73 Å². The quantitative estimate of drug-likeness (QED) is 0.655. The molecule has 86 valence electrons. The number of nitrogens with zero attached hydrogens (tertiary/aromatic N) is 1. The van der Waals surface area contributed by atoms with Gasteiger partial charge in [0.05, 0.1) is 10.7 Å². The molecule has 0 aliphatic carbocycles. The van der Waals surface area contributed by atoms with Crippen molar-refractivity contribution in [3.8, 4) is 0 Å². The molecule has 0 aliphatic heterocycles. The van der Waals surface area contributed by atoms with Crippen molar-refractivity contribution >= 4 is 23.1 Å². The third-order valence-electron chi connectivity index (χ3n) is 2.40. The average molecular weight is 247 g/mol. The third-order valence-corrected chi connectivity index (χ3v) is 2.73. The molecule has 0 radical (unpaired) electrons. The van der Waals surface area contributed by atoms with Crippen LogP contribution in [0.3, 0.4) is 0 Å². The predicted octanol–water partition coefficient (Wildman–Crippen LogP) is 2.86. The molecule has 3 nitrogen and oxygen atoms in total. The molecule has 0 saturated carbocycles. The molecule has 2 rings (SSSR count). The predicted molar refractivity (Wildman–Crippen MR) is 68.3 cm³/mol. The van der Waals surface area contributed by atoms with Gasteiger partial charge >= 0.3 is 0 Å². The fourth-order valence-corrected chi connectivity index (χ4v) is 1.69. The van der Waals surface area contributed by atoms with E-state index < -0.39 is 0 Å². The van der Waals surface area contributed by atoms with Crippen molar-refractivity contribution in [2.45, 2.75) is 6.92 Å². The highest BCUT2D eigenvalue weighted by molar-refractivity contribution is 6.33. The normalized spacial score (nSPS) is 10.2. The standard InChI is InChI=1S/C13H11ClN2O/c1-8-4-10(7-16-6-8)13(17)9-2-3-12(15)11(14)5-9/h2-7H,15H2,1H3. The van der Waals surface area contributed by atoms with E-state index in [1.807, 2.05) is 6.92 Å². The number of benzene rings is 1. The summed E-state index contributed by atoms with van der Waals surface area (Å²) in [7, 11) is 0. The van der Waals surface area contributed by atoms with Gasteiger partial charge in [-0.3, -0.25) is 9.78 Å². The van der Waals surface area contributed by atoms with Gasteiger partial charge in [-0.1, -0.05) is 11.6 Å². The van der Waals surface area contributed by atoms with Crippen LogP contribution in [0.5, 0.6) is 0 Å². The topological polar surface area (TPSA) is 56.0 Å². The second kappa shape index (κ2) is 4.55. The fraction of sp³-hybridized carbons (Fsp3) is 0.0769. The van der Waals surface area contributed by atoms with Crippen molar-refractivity contribution in [1.29, 1.82) is 0 Å². The molecule has 1 heterocycles. The van der Waals surface area contributed by atoms with Gasteiger partial charge in [0.2, 0.25) is 0 Å². The number of aromatic nitrogens is 1. The number of rotatable bonds is 2. The third kappa shape index (κ3) is 2.45. The summed E-state index contributed by atoms with van der Waals surface area (Å²) in [5.74, 6) is -0.108. The number of hydrogen-bond acceptors (Lipinski definition) is 3. The van der Waals surface area contributed by atoms with Crippen LogP contribution in [0, 0.1) is 6.92 Å². The zero-order chi connectivity index (χ0) is 12.4. The highest BCUT2D eigenvalue weighted by Gasteiger charge is 2.10. The van der Waals surface area contributed by atoms with Crippen LogP contribution in [0.25, 0.3) is 0 Å². The molecule has 0 saturated heterocycles. The summed E-state index contributed by atoms with van der Waals surface area (Å²) in [6.45, 7) is 1.89. The summed E-state index contributed by atoms with van der Waals surface area (Å²) in [6.07, 6.45) is 3.24. The van der Waals surface area contributed by atoms with Crippen molar-refractivity contribution in [3.05, 3.63) is 58.4 Å². The van der Waals surface area contributed by atoms with Crippen molar-refractivity contribution in [1.82, 2.24) is 4.98 Å². The molecule has 0 spiro atoms. The van der Waals surface area contributed by atoms with Crippen molar-refractivity contribution in [2.24, 2.45) is 0 Å². The van der Waals surface area contributed by atoms with Crippen LogP contribution in [0.1, 0.15) is 21.5 Å². The molecular formula is C13H11ClN2O. The Hall–Kier alpha value is -1.87. The van der Waals surface area contributed by atoms with Gasteiger partial charge in [-0.15, -0.1) is 0 Å². The summed E-state index contributed by atoms with van der Waals surface area (Å²) in [5, 5.41) is 0.386. The first-order chi connectivity index (χ1) is 8.08. The van der Waals surface area contributed by atoms with Gasteiger partial charge in [0.15, 0.2) is 5.78 Å². The van der Waals surface area contributed by atoms with E-state index in [1.165, 1.54) is 0 Å². The maximum Gasteiger partial charge on any atom is 0.194 e. The number of halogens is 1. The molecule has 1 aromatic carbocycles. The molecule has 0 bridgehead atoms. The summed E-state index contributed by atoms with van der Waals surface area (Å²) >= 11 is 5.88. The number of ketones is 1. The van der Waals surface area contributed by atoms with Crippen molar-refractivity contribution in [2.75, 3.05) is 5.73 Å². The maximum absolute atomic E-state index is 12.1. The largest absolute Gasteiger partial charge is 0.398 e. The summed E-state index contributed by atoms with van der Waals surface area (Å²) in [4.78, 5) is 16.1. The molecule has 0 aliphatic rings. The minimum Gasteiger partial charge on any atom is -0.398 e. The fourth-order valence-electron chi connectivity index (χ4n) is 1.51. The van der Waals surface area contributed by atoms with E-state index >= 15 is 0 Å². The molecule has 0 atom stereocenters. The lowest BCUT2D eigenvalue weighted by Gasteiger charge is -2.04. The summed E-state index contributed by atoms with van der Waals surface area (Å²) in [5.41, 5.74) is 8.06. The van der Waals surface area contributed by atoms with E-state index in [2.05, 4.69) is 4.98 Å². The Morgan fingerprint density at radius 3 is 2.65 bits per heavy atom. The number of hydrogen-bond donors (Lipinski definition) is 1. The number of carbonyl (C=O) groups excluding carboxylic acids is 1. The first-order valence-electron chi connectivity index (χ1n) is 5.09. The molecule has 4 heteroatoms. The Labute approximate surface area is 104 Å². The number of nitrogen functional groups attached to an aromatic ring is 1. The van der Waals surface area contributed by atoms with Crippen molar-refractivity contribution < 1.29 is 4.79 Å². The maximum atomic E-state index is 12.1. The Kier molecular flexibility index (Phi) is 3.11. The zero-order valence-corrected chi connectivity index (χ0v) is 10.0. The smallest absolute Gasteiger partial charge is 0.194 e. The number of nitrogens with two attached hydrogens (primary N) is 1. The van der Waals surface area contributed by atoms with Gasteiger partial charge in [0, 0.05) is 23.5 Å². The summed E-state index contributed by atoms with van der Waals surface area (Å²) < 4.78 is 0. The lowest BCUT2D eigenvalue weighted by Crippen LogP contribution is -2.03. The van der Waals surface area contributed by atoms with E-state index in [9.17, 15) is 4.79 Å². The molecule has 1 aromatic heterocycles. The number of anilines is 1. The van der Waals surface area contributed by atoms with Gasteiger partial charge in [0.25, 0.3) is 0 Å². The van der Waals surface area contributed by atoms with E-state index in [1.54, 1.807) is 36.7 Å². The van der Waals surface area contributed by atoms with Crippen LogP contribution < -0.4 is 5.73 Å². The van der Waals surface area contributed by atoms with Crippen LogP contribution in [0.2, 0.25) is 5.02 Å². The number of aryl methyl sites for hydroxylation is 1. The molecule has 17 heavy (non-hydrogen) atoms. The summed E-state index contributed by atoms with van der Waals surface area (Å²) in [6, 6.07) is 6.64. The van der Waals surface area contributed by atoms with Crippen molar-refractivity contribution in [3.63, 3.8) is 0 Å². The average Bonchev–Trinajstić information content (AvgIpc) is 2.32. The monoisotopic (exact) mass is 246 g/mol. The molecule has 2 N–H and O–H groups in total. The van der Waals surface area contributed by atoms with E-state index in [4.69, 9.17) is 17.3 Å². The lowest BCUT2D eigenvalue weighted by atomic mass is 10.0. The van der Waals surface area contributed by atoms with Gasteiger partial charge in [-0.2, -0.15) is 0 Å². The zero-order valence-electron chi connectivity index (χ0n) is 9.27. The molecule has 2 aromatic rings. The lowest BCUT2D eigenvalue weighted by molar-refractivity contribution is 0.103. The van der Waals surface area contributed by atoms with Crippen LogP contribution in [0.15, 0.2) is 36.7 Å². The van der Waals surface area contributed by atoms with E-state index in [0.717, 1.165) is 5.56 Å². The second-order valence-electron chi connectivity index (χ2n) is 3.82. The molecule has 0 amide bonds. The Morgan fingerprint density at radius 1 is 1.24 bits per heavy atom. The van der Waals surface area contributed by atoms with E-state index in [0.29, 0.717) is 21.8 Å². The number of carbonyl (C=O) groups is 1. The highest BCUT2D eigenvalue weighted by atomic mass is 35.5. The molecular weight excluding hydrogens is 236 g/mol. The Balaban J connectivity index is 2.40. The second-order valence-corrected chi connectivity index (χ2v) is 4.22. The SMILES string of the molecule is Cc1cncc(C(=O)c2ccc(N)c(Cl)c2)c1.